The van der Waals surface area contributed by atoms with Crippen LogP contribution in [0.3, 0.4) is 0 Å². The van der Waals surface area contributed by atoms with E-state index >= 15 is 0 Å². The number of aromatic hydroxyl groups is 2. The molecule has 1 atom stereocenters. The third-order valence-corrected chi connectivity index (χ3v) is 3.18. The van der Waals surface area contributed by atoms with Gasteiger partial charge < -0.3 is 20.3 Å². The maximum absolute atomic E-state index is 12.3. The Morgan fingerprint density at radius 3 is 2.32 bits per heavy atom. The van der Waals surface area contributed by atoms with Crippen LogP contribution in [0, 0.1) is 12.8 Å². The summed E-state index contributed by atoms with van der Waals surface area (Å²) in [7, 11) is 1.21. The highest BCUT2D eigenvalue weighted by atomic mass is 16.5. The van der Waals surface area contributed by atoms with Gasteiger partial charge in [-0.25, -0.2) is 4.79 Å². The van der Waals surface area contributed by atoms with E-state index in [1.807, 2.05) is 0 Å². The molecule has 7 nitrogen and oxygen atoms in total. The SMILES string of the molecule is COC(=O)[C@@H](NC(=O)c1cc(O)c(O)c(=O)cc1C)C(C)C. The Morgan fingerprint density at radius 2 is 1.82 bits per heavy atom. The molecule has 0 aliphatic heterocycles. The van der Waals surface area contributed by atoms with Crippen LogP contribution in [-0.4, -0.2) is 35.2 Å². The van der Waals surface area contributed by atoms with E-state index in [2.05, 4.69) is 10.1 Å². The zero-order valence-electron chi connectivity index (χ0n) is 12.8. The predicted molar refractivity (Wildman–Crippen MR) is 78.9 cm³/mol. The van der Waals surface area contributed by atoms with Gasteiger partial charge in [-0.05, 0) is 30.5 Å². The Balaban J connectivity index is 3.24. The average Bonchev–Trinajstić information content (AvgIpc) is 2.55. The molecule has 1 aromatic rings. The lowest BCUT2D eigenvalue weighted by Crippen LogP contribution is -2.45. The van der Waals surface area contributed by atoms with Crippen LogP contribution >= 0.6 is 0 Å². The first-order valence-electron chi connectivity index (χ1n) is 6.64. The van der Waals surface area contributed by atoms with Crippen LogP contribution < -0.4 is 10.7 Å². The smallest absolute Gasteiger partial charge is 0.328 e. The second-order valence-corrected chi connectivity index (χ2v) is 5.20. The quantitative estimate of drug-likeness (QED) is 0.705. The molecule has 1 amide bonds. The van der Waals surface area contributed by atoms with Crippen LogP contribution in [0.5, 0.6) is 11.5 Å². The molecular weight excluding hydrogens is 290 g/mol. The van der Waals surface area contributed by atoms with Gasteiger partial charge in [0.25, 0.3) is 5.91 Å². The van der Waals surface area contributed by atoms with E-state index in [0.29, 0.717) is 0 Å². The van der Waals surface area contributed by atoms with Crippen LogP contribution in [0.25, 0.3) is 0 Å². The molecule has 0 aromatic heterocycles. The van der Waals surface area contributed by atoms with E-state index in [1.165, 1.54) is 14.0 Å². The average molecular weight is 309 g/mol. The Hall–Kier alpha value is -2.57. The lowest BCUT2D eigenvalue weighted by molar-refractivity contribution is -0.144. The second kappa shape index (κ2) is 6.93. The topological polar surface area (TPSA) is 113 Å². The molecule has 120 valence electrons. The molecule has 0 aliphatic rings. The molecule has 0 bridgehead atoms. The van der Waals surface area contributed by atoms with E-state index < -0.39 is 34.8 Å². The van der Waals surface area contributed by atoms with Crippen molar-refractivity contribution in [3.63, 3.8) is 0 Å². The van der Waals surface area contributed by atoms with Gasteiger partial charge in [0.05, 0.1) is 7.11 Å². The van der Waals surface area contributed by atoms with Gasteiger partial charge in [-0.3, -0.25) is 9.59 Å². The van der Waals surface area contributed by atoms with Crippen molar-refractivity contribution < 1.29 is 24.5 Å². The molecule has 0 spiro atoms. The van der Waals surface area contributed by atoms with Crippen LogP contribution in [0.4, 0.5) is 0 Å². The van der Waals surface area contributed by atoms with E-state index in [-0.39, 0.29) is 17.0 Å². The van der Waals surface area contributed by atoms with Gasteiger partial charge in [-0.2, -0.15) is 0 Å². The summed E-state index contributed by atoms with van der Waals surface area (Å²) in [6.07, 6.45) is 0. The van der Waals surface area contributed by atoms with Gasteiger partial charge in [0.15, 0.2) is 5.75 Å². The molecule has 7 heteroatoms. The zero-order valence-corrected chi connectivity index (χ0v) is 12.8. The number of carbonyl (C=O) groups is 2. The Morgan fingerprint density at radius 1 is 1.23 bits per heavy atom. The molecule has 0 radical (unpaired) electrons. The number of rotatable bonds is 4. The molecule has 3 N–H and O–H groups in total. The lowest BCUT2D eigenvalue weighted by atomic mass is 10.0. The zero-order chi connectivity index (χ0) is 17.0. The minimum atomic E-state index is -0.870. The van der Waals surface area contributed by atoms with E-state index in [4.69, 9.17) is 0 Å². The fourth-order valence-electron chi connectivity index (χ4n) is 1.88. The van der Waals surface area contributed by atoms with Crippen molar-refractivity contribution in [1.29, 1.82) is 0 Å². The van der Waals surface area contributed by atoms with Crippen molar-refractivity contribution in [2.24, 2.45) is 5.92 Å². The summed E-state index contributed by atoms with van der Waals surface area (Å²) in [6.45, 7) is 4.95. The van der Waals surface area contributed by atoms with Gasteiger partial charge >= 0.3 is 5.97 Å². The van der Waals surface area contributed by atoms with E-state index in [1.54, 1.807) is 13.8 Å². The number of hydrogen-bond acceptors (Lipinski definition) is 6. The maximum atomic E-state index is 12.3. The number of methoxy groups -OCH3 is 1. The summed E-state index contributed by atoms with van der Waals surface area (Å²) in [4.78, 5) is 35.5. The third kappa shape index (κ3) is 3.75. The first-order chi connectivity index (χ1) is 10.2. The standard InChI is InChI=1S/C15H19NO6/c1-7(2)12(15(21)22-4)16-14(20)9-6-11(18)13(19)10(17)5-8(9)3/h5-7,12H,1-4H3,(H,16,20)(H2,17,18,19)/t12-/m0/s1. The molecule has 0 aliphatic carbocycles. The summed E-state index contributed by atoms with van der Waals surface area (Å²) in [5.41, 5.74) is -0.572. The summed E-state index contributed by atoms with van der Waals surface area (Å²) in [5.74, 6) is -3.02. The van der Waals surface area contributed by atoms with Crippen molar-refractivity contribution in [2.75, 3.05) is 7.11 Å². The Kier molecular flexibility index (Phi) is 5.50. The Labute approximate surface area is 127 Å². The molecule has 1 aromatic carbocycles. The van der Waals surface area contributed by atoms with E-state index in [0.717, 1.165) is 12.1 Å². The number of esters is 1. The van der Waals surface area contributed by atoms with Crippen molar-refractivity contribution in [3.05, 3.63) is 33.5 Å². The van der Waals surface area contributed by atoms with Gasteiger partial charge in [-0.1, -0.05) is 13.8 Å². The molecule has 22 heavy (non-hydrogen) atoms. The van der Waals surface area contributed by atoms with Gasteiger partial charge in [0.1, 0.15) is 6.04 Å². The highest BCUT2D eigenvalue weighted by Crippen LogP contribution is 2.21. The van der Waals surface area contributed by atoms with Crippen LogP contribution in [0.2, 0.25) is 0 Å². The van der Waals surface area contributed by atoms with Gasteiger partial charge in [0, 0.05) is 5.56 Å². The summed E-state index contributed by atoms with van der Waals surface area (Å²) in [5, 5.41) is 21.5. The first-order valence-corrected chi connectivity index (χ1v) is 6.64. The molecule has 0 heterocycles. The summed E-state index contributed by atoms with van der Waals surface area (Å²) < 4.78 is 4.63. The first kappa shape index (κ1) is 17.5. The molecule has 0 saturated heterocycles. The molecular formula is C15H19NO6. The minimum Gasteiger partial charge on any atom is -0.504 e. The Bertz CT molecular complexity index is 653. The number of nitrogens with one attached hydrogen (secondary N) is 1. The monoisotopic (exact) mass is 309 g/mol. The number of carbonyl (C=O) groups excluding carboxylic acids is 2. The number of aryl methyl sites for hydroxylation is 1. The molecule has 0 fully saturated rings. The molecule has 0 unspecified atom stereocenters. The highest BCUT2D eigenvalue weighted by molar-refractivity contribution is 5.98. The lowest BCUT2D eigenvalue weighted by Gasteiger charge is -2.20. The van der Waals surface area contributed by atoms with Crippen molar-refractivity contribution in [3.8, 4) is 11.5 Å². The van der Waals surface area contributed by atoms with E-state index in [9.17, 15) is 24.6 Å². The molecule has 0 saturated carbocycles. The number of ether oxygens (including phenoxy) is 1. The van der Waals surface area contributed by atoms with Crippen LogP contribution in [-0.2, 0) is 9.53 Å². The normalized spacial score (nSPS) is 11.9. The van der Waals surface area contributed by atoms with Crippen molar-refractivity contribution in [1.82, 2.24) is 5.32 Å². The van der Waals surface area contributed by atoms with Crippen LogP contribution in [0.1, 0.15) is 29.8 Å². The number of amides is 1. The second-order valence-electron chi connectivity index (χ2n) is 5.20. The largest absolute Gasteiger partial charge is 0.504 e. The third-order valence-electron chi connectivity index (χ3n) is 3.18. The molecule has 1 rings (SSSR count). The van der Waals surface area contributed by atoms with Gasteiger partial charge in [-0.15, -0.1) is 0 Å². The van der Waals surface area contributed by atoms with Crippen molar-refractivity contribution >= 4 is 11.9 Å². The highest BCUT2D eigenvalue weighted by Gasteiger charge is 2.26. The summed E-state index contributed by atoms with van der Waals surface area (Å²) >= 11 is 0. The maximum Gasteiger partial charge on any atom is 0.328 e. The predicted octanol–water partition coefficient (Wildman–Crippen LogP) is 0.694. The fraction of sp³-hybridized carbons (Fsp3) is 0.400. The fourth-order valence-corrected chi connectivity index (χ4v) is 1.88. The minimum absolute atomic E-state index is 0.0237. The number of hydrogen-bond donors (Lipinski definition) is 3. The van der Waals surface area contributed by atoms with Gasteiger partial charge in [0.2, 0.25) is 11.2 Å². The van der Waals surface area contributed by atoms with Crippen LogP contribution in [0.15, 0.2) is 16.9 Å². The van der Waals surface area contributed by atoms with Crippen molar-refractivity contribution in [2.45, 2.75) is 26.8 Å². The summed E-state index contributed by atoms with van der Waals surface area (Å²) in [6, 6.07) is 1.15.